The van der Waals surface area contributed by atoms with Crippen molar-refractivity contribution in [1.29, 1.82) is 0 Å². The van der Waals surface area contributed by atoms with Crippen LogP contribution >= 0.6 is 0 Å². The average Bonchev–Trinajstić information content (AvgIpc) is 2.39. The number of carbonyl (C=O) groups excluding carboxylic acids is 1. The zero-order chi connectivity index (χ0) is 11.4. The molecular weight excluding hydrogens is 204 g/mol. The maximum atomic E-state index is 11.9. The fraction of sp³-hybridized carbons (Fsp3) is 0. The van der Waals surface area contributed by atoms with Gasteiger partial charge in [0.1, 0.15) is 5.82 Å². The zero-order valence-corrected chi connectivity index (χ0v) is 8.45. The van der Waals surface area contributed by atoms with Crippen molar-refractivity contribution < 1.29 is 4.79 Å². The third-order valence-electron chi connectivity index (χ3n) is 2.04. The summed E-state index contributed by atoms with van der Waals surface area (Å²) in [6, 6.07) is 8.39. The van der Waals surface area contributed by atoms with Crippen LogP contribution in [0.5, 0.6) is 0 Å². The van der Waals surface area contributed by atoms with Crippen molar-refractivity contribution in [2.75, 3.05) is 5.01 Å². The van der Waals surface area contributed by atoms with Crippen molar-refractivity contribution in [3.05, 3.63) is 54.5 Å². The van der Waals surface area contributed by atoms with E-state index in [0.717, 1.165) is 5.01 Å². The number of anilines is 1. The molecule has 0 aromatic carbocycles. The van der Waals surface area contributed by atoms with Gasteiger partial charge in [-0.25, -0.2) is 15.8 Å². The predicted octanol–water partition coefficient (Wildman–Crippen LogP) is 0.997. The van der Waals surface area contributed by atoms with Crippen LogP contribution in [-0.2, 0) is 0 Å². The molecule has 2 aromatic heterocycles. The van der Waals surface area contributed by atoms with Crippen LogP contribution in [0.3, 0.4) is 0 Å². The highest BCUT2D eigenvalue weighted by Crippen LogP contribution is 2.09. The van der Waals surface area contributed by atoms with Crippen LogP contribution in [0.15, 0.2) is 48.9 Å². The summed E-state index contributed by atoms with van der Waals surface area (Å²) in [4.78, 5) is 19.7. The Kier molecular flexibility index (Phi) is 2.88. The molecule has 0 saturated heterocycles. The molecule has 2 heterocycles. The first-order valence-electron chi connectivity index (χ1n) is 4.69. The Labute approximate surface area is 92.5 Å². The molecule has 2 rings (SSSR count). The smallest absolute Gasteiger partial charge is 0.267 e. The summed E-state index contributed by atoms with van der Waals surface area (Å²) in [6.07, 6.45) is 4.66. The van der Waals surface area contributed by atoms with Crippen molar-refractivity contribution in [3.8, 4) is 0 Å². The molecule has 0 aliphatic heterocycles. The van der Waals surface area contributed by atoms with E-state index in [9.17, 15) is 4.79 Å². The highest BCUT2D eigenvalue weighted by atomic mass is 16.2. The van der Waals surface area contributed by atoms with E-state index in [-0.39, 0.29) is 5.91 Å². The molecule has 80 valence electrons. The normalized spacial score (nSPS) is 9.81. The first-order valence-corrected chi connectivity index (χ1v) is 4.69. The monoisotopic (exact) mass is 214 g/mol. The van der Waals surface area contributed by atoms with E-state index < -0.39 is 0 Å². The van der Waals surface area contributed by atoms with Gasteiger partial charge in [-0.1, -0.05) is 6.07 Å². The van der Waals surface area contributed by atoms with Gasteiger partial charge >= 0.3 is 0 Å². The Hall–Kier alpha value is -2.27. The maximum absolute atomic E-state index is 11.9. The summed E-state index contributed by atoms with van der Waals surface area (Å²) in [5, 5.41) is 1.01. The lowest BCUT2D eigenvalue weighted by Crippen LogP contribution is -2.38. The number of aromatic nitrogens is 2. The minimum atomic E-state index is -0.318. The lowest BCUT2D eigenvalue weighted by Gasteiger charge is -2.14. The van der Waals surface area contributed by atoms with Crippen molar-refractivity contribution in [2.24, 2.45) is 5.84 Å². The summed E-state index contributed by atoms with van der Waals surface area (Å²) >= 11 is 0. The van der Waals surface area contributed by atoms with Crippen LogP contribution in [0.4, 0.5) is 5.82 Å². The van der Waals surface area contributed by atoms with Gasteiger partial charge in [0, 0.05) is 24.2 Å². The summed E-state index contributed by atoms with van der Waals surface area (Å²) in [5.41, 5.74) is 0.475. The van der Waals surface area contributed by atoms with E-state index in [1.807, 2.05) is 0 Å². The van der Waals surface area contributed by atoms with E-state index >= 15 is 0 Å². The van der Waals surface area contributed by atoms with E-state index in [2.05, 4.69) is 9.97 Å². The molecule has 0 spiro atoms. The molecular formula is C11H10N4O. The fourth-order valence-corrected chi connectivity index (χ4v) is 1.23. The third-order valence-corrected chi connectivity index (χ3v) is 2.04. The van der Waals surface area contributed by atoms with Gasteiger partial charge in [-0.3, -0.25) is 9.78 Å². The Bertz CT molecular complexity index is 472. The standard InChI is InChI=1S/C11H10N4O/c12-15(10-3-1-2-6-14-10)11(16)9-4-7-13-8-5-9/h1-8H,12H2. The van der Waals surface area contributed by atoms with E-state index in [4.69, 9.17) is 5.84 Å². The zero-order valence-electron chi connectivity index (χ0n) is 8.45. The lowest BCUT2D eigenvalue weighted by atomic mass is 10.2. The SMILES string of the molecule is NN(C(=O)c1ccncc1)c1ccccn1. The Morgan fingerprint density at radius 3 is 2.50 bits per heavy atom. The van der Waals surface area contributed by atoms with E-state index in [1.165, 1.54) is 0 Å². The van der Waals surface area contributed by atoms with Crippen molar-refractivity contribution in [1.82, 2.24) is 9.97 Å². The minimum absolute atomic E-state index is 0.318. The van der Waals surface area contributed by atoms with Gasteiger partial charge < -0.3 is 0 Å². The predicted molar refractivity (Wildman–Crippen MR) is 59.5 cm³/mol. The molecule has 0 saturated carbocycles. The Morgan fingerprint density at radius 2 is 1.88 bits per heavy atom. The number of hydrogen-bond acceptors (Lipinski definition) is 4. The number of amides is 1. The van der Waals surface area contributed by atoms with Crippen molar-refractivity contribution >= 4 is 11.7 Å². The number of hydrogen-bond donors (Lipinski definition) is 1. The highest BCUT2D eigenvalue weighted by Gasteiger charge is 2.14. The molecule has 5 heteroatoms. The molecule has 0 aliphatic carbocycles. The number of nitrogens with zero attached hydrogens (tertiary/aromatic N) is 3. The molecule has 2 N–H and O–H groups in total. The Morgan fingerprint density at radius 1 is 1.12 bits per heavy atom. The number of pyridine rings is 2. The van der Waals surface area contributed by atoms with E-state index in [0.29, 0.717) is 11.4 Å². The minimum Gasteiger partial charge on any atom is -0.267 e. The summed E-state index contributed by atoms with van der Waals surface area (Å²) in [5.74, 6) is 5.76. The topological polar surface area (TPSA) is 72.1 Å². The largest absolute Gasteiger partial charge is 0.273 e. The van der Waals surface area contributed by atoms with E-state index in [1.54, 1.807) is 48.9 Å². The number of carbonyl (C=O) groups is 1. The first kappa shape index (κ1) is 10.3. The second-order valence-corrected chi connectivity index (χ2v) is 3.10. The quantitative estimate of drug-likeness (QED) is 0.460. The summed E-state index contributed by atoms with van der Waals surface area (Å²) in [7, 11) is 0. The molecule has 0 fully saturated rings. The van der Waals surface area contributed by atoms with Crippen LogP contribution in [0.1, 0.15) is 10.4 Å². The molecule has 1 amide bonds. The van der Waals surface area contributed by atoms with Gasteiger partial charge in [-0.15, -0.1) is 0 Å². The maximum Gasteiger partial charge on any atom is 0.273 e. The van der Waals surface area contributed by atoms with Crippen LogP contribution in [0.2, 0.25) is 0 Å². The number of nitrogens with two attached hydrogens (primary N) is 1. The Balaban J connectivity index is 2.24. The van der Waals surface area contributed by atoms with Gasteiger partial charge in [0.15, 0.2) is 0 Å². The summed E-state index contributed by atoms with van der Waals surface area (Å²) < 4.78 is 0. The number of rotatable bonds is 2. The average molecular weight is 214 g/mol. The van der Waals surface area contributed by atoms with Crippen LogP contribution in [0.25, 0.3) is 0 Å². The van der Waals surface area contributed by atoms with Crippen molar-refractivity contribution in [2.45, 2.75) is 0 Å². The van der Waals surface area contributed by atoms with Crippen LogP contribution in [0, 0.1) is 0 Å². The van der Waals surface area contributed by atoms with Gasteiger partial charge in [0.05, 0.1) is 0 Å². The van der Waals surface area contributed by atoms with Gasteiger partial charge in [0.25, 0.3) is 5.91 Å². The molecule has 0 unspecified atom stereocenters. The molecule has 0 bridgehead atoms. The van der Waals surface area contributed by atoms with Gasteiger partial charge in [-0.2, -0.15) is 0 Å². The van der Waals surface area contributed by atoms with Crippen LogP contribution in [-0.4, -0.2) is 15.9 Å². The second kappa shape index (κ2) is 4.50. The second-order valence-electron chi connectivity index (χ2n) is 3.10. The molecule has 0 atom stereocenters. The molecule has 16 heavy (non-hydrogen) atoms. The summed E-state index contributed by atoms with van der Waals surface area (Å²) in [6.45, 7) is 0. The fourth-order valence-electron chi connectivity index (χ4n) is 1.23. The molecule has 5 nitrogen and oxygen atoms in total. The van der Waals surface area contributed by atoms with Crippen LogP contribution < -0.4 is 10.9 Å². The highest BCUT2D eigenvalue weighted by molar-refractivity contribution is 6.04. The molecule has 0 radical (unpaired) electrons. The first-order chi connectivity index (χ1) is 7.79. The third kappa shape index (κ3) is 2.04. The lowest BCUT2D eigenvalue weighted by molar-refractivity contribution is 0.0986. The molecule has 0 aliphatic rings. The van der Waals surface area contributed by atoms with Crippen molar-refractivity contribution in [3.63, 3.8) is 0 Å². The molecule has 2 aromatic rings. The van der Waals surface area contributed by atoms with Gasteiger partial charge in [-0.05, 0) is 24.3 Å². The van der Waals surface area contributed by atoms with Gasteiger partial charge in [0.2, 0.25) is 0 Å². The number of hydrazine groups is 1.